The fraction of sp³-hybridized carbons (Fsp3) is 0.250. The normalized spacial score (nSPS) is 10.1. The first-order valence-corrected chi connectivity index (χ1v) is 5.23. The molecule has 0 bridgehead atoms. The third-order valence-corrected chi connectivity index (χ3v) is 2.33. The summed E-state index contributed by atoms with van der Waals surface area (Å²) >= 11 is 0. The van der Waals surface area contributed by atoms with Crippen molar-refractivity contribution in [2.75, 3.05) is 13.7 Å². The number of hydrogen-bond acceptors (Lipinski definition) is 4. The summed E-state index contributed by atoms with van der Waals surface area (Å²) in [6.45, 7) is 1.09. The van der Waals surface area contributed by atoms with Gasteiger partial charge in [0.25, 0.3) is 0 Å². The van der Waals surface area contributed by atoms with Crippen LogP contribution in [0.5, 0.6) is 0 Å². The molecule has 5 nitrogen and oxygen atoms in total. The number of nitrogens with zero attached hydrogens (tertiary/aromatic N) is 4. The molecule has 0 saturated heterocycles. The van der Waals surface area contributed by atoms with Gasteiger partial charge in [-0.1, -0.05) is 6.07 Å². The average Bonchev–Trinajstić information content (AvgIpc) is 2.80. The zero-order chi connectivity index (χ0) is 12.1. The maximum absolute atomic E-state index is 9.01. The number of pyridine rings is 1. The fourth-order valence-electron chi connectivity index (χ4n) is 1.49. The molecule has 0 atom stereocenters. The Morgan fingerprint density at radius 3 is 2.94 bits per heavy atom. The Kier molecular flexibility index (Phi) is 3.48. The zero-order valence-electron chi connectivity index (χ0n) is 9.50. The van der Waals surface area contributed by atoms with Gasteiger partial charge in [-0.05, 0) is 12.1 Å². The van der Waals surface area contributed by atoms with Crippen LogP contribution in [0.1, 0.15) is 5.69 Å². The minimum atomic E-state index is 0.516. The van der Waals surface area contributed by atoms with Gasteiger partial charge in [0.05, 0.1) is 18.8 Å². The predicted molar refractivity (Wildman–Crippen MR) is 62.0 cm³/mol. The van der Waals surface area contributed by atoms with Crippen LogP contribution in [0.4, 0.5) is 0 Å². The van der Waals surface area contributed by atoms with Crippen LogP contribution >= 0.6 is 0 Å². The van der Waals surface area contributed by atoms with E-state index in [0.29, 0.717) is 24.5 Å². The van der Waals surface area contributed by atoms with Crippen LogP contribution in [0, 0.1) is 11.3 Å². The molecule has 0 aromatic carbocycles. The van der Waals surface area contributed by atoms with Crippen LogP contribution in [-0.4, -0.2) is 28.5 Å². The highest BCUT2D eigenvalue weighted by Gasteiger charge is 2.09. The summed E-state index contributed by atoms with van der Waals surface area (Å²) in [7, 11) is 1.62. The van der Waals surface area contributed by atoms with Gasteiger partial charge in [-0.25, -0.2) is 0 Å². The number of methoxy groups -OCH3 is 1. The lowest BCUT2D eigenvalue weighted by atomic mass is 10.2. The molecule has 17 heavy (non-hydrogen) atoms. The molecular weight excluding hydrogens is 216 g/mol. The Morgan fingerprint density at radius 2 is 2.29 bits per heavy atom. The summed E-state index contributed by atoms with van der Waals surface area (Å²) in [6, 6.07) is 9.45. The molecule has 0 aliphatic rings. The van der Waals surface area contributed by atoms with Gasteiger partial charge in [0.1, 0.15) is 17.5 Å². The van der Waals surface area contributed by atoms with Crippen molar-refractivity contribution < 1.29 is 4.74 Å². The van der Waals surface area contributed by atoms with Gasteiger partial charge in [0.2, 0.25) is 0 Å². The summed E-state index contributed by atoms with van der Waals surface area (Å²) in [5.74, 6) is 0. The van der Waals surface area contributed by atoms with E-state index < -0.39 is 0 Å². The lowest BCUT2D eigenvalue weighted by Crippen LogP contribution is -2.07. The van der Waals surface area contributed by atoms with E-state index in [2.05, 4.69) is 16.2 Å². The molecule has 0 amide bonds. The lowest BCUT2D eigenvalue weighted by Gasteiger charge is -2.00. The van der Waals surface area contributed by atoms with Crippen LogP contribution < -0.4 is 0 Å². The second-order valence-electron chi connectivity index (χ2n) is 3.46. The second kappa shape index (κ2) is 5.23. The monoisotopic (exact) mass is 228 g/mol. The molecule has 2 rings (SSSR count). The van der Waals surface area contributed by atoms with Gasteiger partial charge in [-0.15, -0.1) is 0 Å². The Hall–Kier alpha value is -2.19. The quantitative estimate of drug-likeness (QED) is 0.794. The first kappa shape index (κ1) is 11.3. The third kappa shape index (κ3) is 2.49. The Balaban J connectivity index is 2.32. The molecule has 0 fully saturated rings. The molecule has 0 saturated carbocycles. The van der Waals surface area contributed by atoms with Crippen molar-refractivity contribution in [2.45, 2.75) is 6.54 Å². The molecule has 0 aliphatic heterocycles. The van der Waals surface area contributed by atoms with Crippen molar-refractivity contribution in [3.63, 3.8) is 0 Å². The van der Waals surface area contributed by atoms with Crippen molar-refractivity contribution in [3.8, 4) is 17.5 Å². The Bertz CT molecular complexity index is 527. The van der Waals surface area contributed by atoms with E-state index in [4.69, 9.17) is 10.00 Å². The molecule has 0 aliphatic carbocycles. The summed E-state index contributed by atoms with van der Waals surface area (Å²) in [6.07, 6.45) is 1.70. The molecule has 0 N–H and O–H groups in total. The highest BCUT2D eigenvalue weighted by molar-refractivity contribution is 5.55. The highest BCUT2D eigenvalue weighted by atomic mass is 16.5. The summed E-state index contributed by atoms with van der Waals surface area (Å²) < 4.78 is 6.61. The first-order valence-electron chi connectivity index (χ1n) is 5.23. The van der Waals surface area contributed by atoms with E-state index >= 15 is 0 Å². The number of rotatable bonds is 4. The molecule has 0 unspecified atom stereocenters. The molecule has 2 heterocycles. The Morgan fingerprint density at radius 1 is 1.41 bits per heavy atom. The molecule has 5 heteroatoms. The SMILES string of the molecule is COCCn1nc(-c2ccccn2)cc1C#N. The van der Waals surface area contributed by atoms with Crippen molar-refractivity contribution in [1.82, 2.24) is 14.8 Å². The van der Waals surface area contributed by atoms with Gasteiger partial charge < -0.3 is 4.74 Å². The van der Waals surface area contributed by atoms with Gasteiger partial charge in [0.15, 0.2) is 0 Å². The van der Waals surface area contributed by atoms with Crippen molar-refractivity contribution in [2.24, 2.45) is 0 Å². The number of hydrogen-bond donors (Lipinski definition) is 0. The van der Waals surface area contributed by atoms with Crippen LogP contribution in [0.25, 0.3) is 11.4 Å². The van der Waals surface area contributed by atoms with E-state index in [1.165, 1.54) is 0 Å². The highest BCUT2D eigenvalue weighted by Crippen LogP contribution is 2.15. The summed E-state index contributed by atoms with van der Waals surface area (Å²) in [5, 5.41) is 13.3. The summed E-state index contributed by atoms with van der Waals surface area (Å²) in [4.78, 5) is 4.20. The third-order valence-electron chi connectivity index (χ3n) is 2.33. The van der Waals surface area contributed by atoms with E-state index in [1.807, 2.05) is 18.2 Å². The maximum Gasteiger partial charge on any atom is 0.139 e. The number of nitriles is 1. The molecule has 0 radical (unpaired) electrons. The Labute approximate surface area is 99.3 Å². The first-order chi connectivity index (χ1) is 8.35. The average molecular weight is 228 g/mol. The van der Waals surface area contributed by atoms with E-state index in [0.717, 1.165) is 5.69 Å². The van der Waals surface area contributed by atoms with Crippen molar-refractivity contribution in [3.05, 3.63) is 36.2 Å². The molecule has 0 spiro atoms. The number of aromatic nitrogens is 3. The van der Waals surface area contributed by atoms with E-state index in [1.54, 1.807) is 24.1 Å². The lowest BCUT2D eigenvalue weighted by molar-refractivity contribution is 0.183. The second-order valence-corrected chi connectivity index (χ2v) is 3.46. The maximum atomic E-state index is 9.01. The minimum Gasteiger partial charge on any atom is -0.383 e. The van der Waals surface area contributed by atoms with Crippen LogP contribution in [0.3, 0.4) is 0 Å². The standard InChI is InChI=1S/C12H12N4O/c1-17-7-6-16-10(9-13)8-12(15-16)11-4-2-3-5-14-11/h2-5,8H,6-7H2,1H3. The molecule has 2 aromatic rings. The molecule has 2 aromatic heterocycles. The van der Waals surface area contributed by atoms with Gasteiger partial charge >= 0.3 is 0 Å². The fourth-order valence-corrected chi connectivity index (χ4v) is 1.49. The largest absolute Gasteiger partial charge is 0.383 e. The van der Waals surface area contributed by atoms with Gasteiger partial charge in [0, 0.05) is 19.4 Å². The van der Waals surface area contributed by atoms with Gasteiger partial charge in [-0.3, -0.25) is 9.67 Å². The minimum absolute atomic E-state index is 0.516. The van der Waals surface area contributed by atoms with Crippen LogP contribution in [-0.2, 0) is 11.3 Å². The summed E-state index contributed by atoms with van der Waals surface area (Å²) in [5.41, 5.74) is 1.99. The smallest absolute Gasteiger partial charge is 0.139 e. The van der Waals surface area contributed by atoms with E-state index in [9.17, 15) is 0 Å². The number of ether oxygens (including phenoxy) is 1. The van der Waals surface area contributed by atoms with E-state index in [-0.39, 0.29) is 0 Å². The zero-order valence-corrected chi connectivity index (χ0v) is 9.50. The van der Waals surface area contributed by atoms with Crippen molar-refractivity contribution >= 4 is 0 Å². The predicted octanol–water partition coefficient (Wildman–Crippen LogP) is 1.46. The van der Waals surface area contributed by atoms with Crippen molar-refractivity contribution in [1.29, 1.82) is 5.26 Å². The van der Waals surface area contributed by atoms with Crippen LogP contribution in [0.15, 0.2) is 30.5 Å². The van der Waals surface area contributed by atoms with Gasteiger partial charge in [-0.2, -0.15) is 10.4 Å². The molecular formula is C12H12N4O. The van der Waals surface area contributed by atoms with Crippen LogP contribution in [0.2, 0.25) is 0 Å². The topological polar surface area (TPSA) is 63.7 Å². The molecule has 86 valence electrons.